The van der Waals surface area contributed by atoms with Crippen molar-refractivity contribution in [1.29, 1.82) is 0 Å². The van der Waals surface area contributed by atoms with Crippen molar-refractivity contribution in [2.75, 3.05) is 20.3 Å². The van der Waals surface area contributed by atoms with Gasteiger partial charge in [0.1, 0.15) is 0 Å². The number of rotatable bonds is 6. The number of hydrogen-bond acceptors (Lipinski definition) is 2. The Hall–Kier alpha value is -1.00. The Bertz CT molecular complexity index is 367. The summed E-state index contributed by atoms with van der Waals surface area (Å²) in [6.45, 7) is 0.458. The van der Waals surface area contributed by atoms with E-state index in [1.54, 1.807) is 0 Å². The topological polar surface area (TPSA) is 18.5 Å². The Morgan fingerprint density at radius 2 is 1.82 bits per heavy atom. The van der Waals surface area contributed by atoms with Crippen LogP contribution in [0.3, 0.4) is 0 Å². The van der Waals surface area contributed by atoms with Gasteiger partial charge in [-0.2, -0.15) is 0 Å². The van der Waals surface area contributed by atoms with Crippen LogP contribution in [0, 0.1) is 5.41 Å². The summed E-state index contributed by atoms with van der Waals surface area (Å²) < 4.78 is 36.6. The van der Waals surface area contributed by atoms with Gasteiger partial charge in [-0.3, -0.25) is 0 Å². The lowest BCUT2D eigenvalue weighted by Gasteiger charge is -2.15. The van der Waals surface area contributed by atoms with Crippen molar-refractivity contribution in [2.45, 2.75) is 19.0 Å². The molecule has 2 rings (SSSR count). The molecule has 17 heavy (non-hydrogen) atoms. The van der Waals surface area contributed by atoms with Crippen molar-refractivity contribution in [3.8, 4) is 0 Å². The van der Waals surface area contributed by atoms with Gasteiger partial charge in [-0.25, -0.2) is 8.78 Å². The van der Waals surface area contributed by atoms with Crippen LogP contribution < -0.4 is 0 Å². The van der Waals surface area contributed by atoms with E-state index in [1.165, 1.54) is 7.11 Å². The monoisotopic (exact) mass is 242 g/mol. The zero-order valence-electron chi connectivity index (χ0n) is 9.79. The fourth-order valence-electron chi connectivity index (χ4n) is 1.95. The molecule has 2 nitrogen and oxygen atoms in total. The first-order valence-electron chi connectivity index (χ1n) is 5.58. The minimum atomic E-state index is -2.64. The van der Waals surface area contributed by atoms with E-state index in [9.17, 15) is 8.78 Å². The molecule has 0 aromatic heterocycles. The molecule has 0 saturated heterocycles. The van der Waals surface area contributed by atoms with E-state index in [1.807, 2.05) is 30.3 Å². The van der Waals surface area contributed by atoms with Gasteiger partial charge >= 0.3 is 0 Å². The predicted octanol–water partition coefficient (Wildman–Crippen LogP) is 2.88. The number of benzene rings is 1. The van der Waals surface area contributed by atoms with Crippen molar-refractivity contribution in [3.05, 3.63) is 35.9 Å². The van der Waals surface area contributed by atoms with Crippen molar-refractivity contribution in [1.82, 2.24) is 0 Å². The maximum absolute atomic E-state index is 13.2. The largest absolute Gasteiger partial charge is 0.384 e. The molecule has 1 saturated carbocycles. The number of hydrogen-bond donors (Lipinski definition) is 0. The second kappa shape index (κ2) is 4.70. The van der Waals surface area contributed by atoms with Crippen LogP contribution in [0.15, 0.2) is 30.3 Å². The van der Waals surface area contributed by atoms with E-state index in [0.29, 0.717) is 6.61 Å². The standard InChI is InChI=1S/C13H16F2O2/c1-16-9-12(8-13(12,14)15)10-17-7-11-5-3-2-4-6-11/h2-6H,7-10H2,1H3. The van der Waals surface area contributed by atoms with E-state index in [-0.39, 0.29) is 19.6 Å². The quantitative estimate of drug-likeness (QED) is 0.763. The molecule has 0 heterocycles. The first-order valence-corrected chi connectivity index (χ1v) is 5.58. The van der Waals surface area contributed by atoms with Gasteiger partial charge < -0.3 is 9.47 Å². The van der Waals surface area contributed by atoms with Crippen LogP contribution >= 0.6 is 0 Å². The first kappa shape index (κ1) is 12.5. The normalized spacial score (nSPS) is 25.8. The highest BCUT2D eigenvalue weighted by atomic mass is 19.3. The molecule has 1 aromatic carbocycles. The maximum Gasteiger partial charge on any atom is 0.259 e. The summed E-state index contributed by atoms with van der Waals surface area (Å²) in [7, 11) is 1.44. The van der Waals surface area contributed by atoms with Gasteiger partial charge in [-0.15, -0.1) is 0 Å². The molecular weight excluding hydrogens is 226 g/mol. The van der Waals surface area contributed by atoms with E-state index in [2.05, 4.69) is 0 Å². The van der Waals surface area contributed by atoms with E-state index in [0.717, 1.165) is 5.56 Å². The highest BCUT2D eigenvalue weighted by Gasteiger charge is 2.71. The molecule has 1 unspecified atom stereocenters. The Labute approximate surface area is 99.5 Å². The molecule has 0 bridgehead atoms. The summed E-state index contributed by atoms with van der Waals surface area (Å²) in [5.41, 5.74) is -0.111. The highest BCUT2D eigenvalue weighted by molar-refractivity contribution is 5.14. The van der Waals surface area contributed by atoms with Crippen LogP contribution in [-0.2, 0) is 16.1 Å². The Balaban J connectivity index is 1.82. The fraction of sp³-hybridized carbons (Fsp3) is 0.538. The summed E-state index contributed by atoms with van der Waals surface area (Å²) in [6, 6.07) is 9.53. The van der Waals surface area contributed by atoms with Crippen LogP contribution in [-0.4, -0.2) is 26.2 Å². The highest BCUT2D eigenvalue weighted by Crippen LogP contribution is 2.60. The van der Waals surface area contributed by atoms with Crippen LogP contribution in [0.25, 0.3) is 0 Å². The van der Waals surface area contributed by atoms with E-state index < -0.39 is 11.3 Å². The number of methoxy groups -OCH3 is 1. The zero-order valence-corrected chi connectivity index (χ0v) is 9.79. The summed E-state index contributed by atoms with van der Waals surface area (Å²) in [5, 5.41) is 0. The summed E-state index contributed by atoms with van der Waals surface area (Å²) >= 11 is 0. The number of ether oxygens (including phenoxy) is 2. The third-order valence-corrected chi connectivity index (χ3v) is 3.12. The van der Waals surface area contributed by atoms with Crippen LogP contribution in [0.2, 0.25) is 0 Å². The molecule has 1 aromatic rings. The molecule has 0 radical (unpaired) electrons. The average Bonchev–Trinajstić information content (AvgIpc) is 2.82. The predicted molar refractivity (Wildman–Crippen MR) is 60.0 cm³/mol. The lowest BCUT2D eigenvalue weighted by atomic mass is 10.1. The smallest absolute Gasteiger partial charge is 0.259 e. The van der Waals surface area contributed by atoms with Gasteiger partial charge in [-0.1, -0.05) is 30.3 Å². The zero-order chi connectivity index (χ0) is 12.4. The van der Waals surface area contributed by atoms with E-state index >= 15 is 0 Å². The van der Waals surface area contributed by atoms with Crippen LogP contribution in [0.4, 0.5) is 8.78 Å². The Morgan fingerprint density at radius 1 is 1.18 bits per heavy atom. The molecule has 0 aliphatic heterocycles. The van der Waals surface area contributed by atoms with Crippen molar-refractivity contribution in [2.24, 2.45) is 5.41 Å². The third-order valence-electron chi connectivity index (χ3n) is 3.12. The Morgan fingerprint density at radius 3 is 2.35 bits per heavy atom. The van der Waals surface area contributed by atoms with E-state index in [4.69, 9.17) is 9.47 Å². The Kier molecular flexibility index (Phi) is 3.45. The van der Waals surface area contributed by atoms with Gasteiger partial charge in [0.25, 0.3) is 5.92 Å². The fourth-order valence-corrected chi connectivity index (χ4v) is 1.95. The van der Waals surface area contributed by atoms with Crippen molar-refractivity contribution < 1.29 is 18.3 Å². The van der Waals surface area contributed by atoms with Crippen LogP contribution in [0.5, 0.6) is 0 Å². The molecule has 0 spiro atoms. The second-order valence-electron chi connectivity index (χ2n) is 4.57. The number of halogens is 2. The number of alkyl halides is 2. The lowest BCUT2D eigenvalue weighted by Crippen LogP contribution is -2.23. The SMILES string of the molecule is COCC1(COCc2ccccc2)CC1(F)F. The minimum absolute atomic E-state index is 0.0444. The molecule has 0 amide bonds. The molecule has 1 fully saturated rings. The lowest BCUT2D eigenvalue weighted by molar-refractivity contribution is -0.0298. The molecule has 1 atom stereocenters. The van der Waals surface area contributed by atoms with Crippen LogP contribution in [0.1, 0.15) is 12.0 Å². The first-order chi connectivity index (χ1) is 8.10. The molecule has 4 heteroatoms. The molecule has 1 aliphatic rings. The van der Waals surface area contributed by atoms with Crippen molar-refractivity contribution in [3.63, 3.8) is 0 Å². The molecule has 1 aliphatic carbocycles. The minimum Gasteiger partial charge on any atom is -0.384 e. The molecule has 94 valence electrons. The summed E-state index contributed by atoms with van der Waals surface area (Å²) in [4.78, 5) is 0. The second-order valence-corrected chi connectivity index (χ2v) is 4.57. The summed E-state index contributed by atoms with van der Waals surface area (Å²) in [5.74, 6) is -2.64. The van der Waals surface area contributed by atoms with Gasteiger partial charge in [0.2, 0.25) is 0 Å². The summed E-state index contributed by atoms with van der Waals surface area (Å²) in [6.07, 6.45) is -0.136. The van der Waals surface area contributed by atoms with Gasteiger partial charge in [0.15, 0.2) is 0 Å². The molecule has 0 N–H and O–H groups in total. The van der Waals surface area contributed by atoms with Crippen molar-refractivity contribution >= 4 is 0 Å². The molecular formula is C13H16F2O2. The van der Waals surface area contributed by atoms with Gasteiger partial charge in [-0.05, 0) is 5.56 Å². The van der Waals surface area contributed by atoms with Gasteiger partial charge in [0, 0.05) is 13.5 Å². The van der Waals surface area contributed by atoms with Gasteiger partial charge in [0.05, 0.1) is 25.2 Å². The average molecular weight is 242 g/mol. The third kappa shape index (κ3) is 2.64. The maximum atomic E-state index is 13.2.